The van der Waals surface area contributed by atoms with Crippen LogP contribution in [0.2, 0.25) is 0 Å². The average Bonchev–Trinajstić information content (AvgIpc) is 2.53. The molecule has 5 nitrogen and oxygen atoms in total. The molecule has 0 bridgehead atoms. The maximum atomic E-state index is 7.39. The lowest BCUT2D eigenvalue weighted by Gasteiger charge is -2.12. The largest absolute Gasteiger partial charge is 0.493 e. The zero-order valence-electron chi connectivity index (χ0n) is 12.2. The molecule has 1 aromatic heterocycles. The summed E-state index contributed by atoms with van der Waals surface area (Å²) in [5, 5.41) is 7.39. The molecule has 2 aromatic rings. The highest BCUT2D eigenvalue weighted by molar-refractivity contribution is 5.93. The van der Waals surface area contributed by atoms with E-state index in [9.17, 15) is 0 Å². The van der Waals surface area contributed by atoms with Crippen LogP contribution in [-0.4, -0.2) is 17.9 Å². The number of nitrogen functional groups attached to an aromatic ring is 1. The zero-order chi connectivity index (χ0) is 15.2. The average molecular weight is 285 g/mol. The van der Waals surface area contributed by atoms with E-state index < -0.39 is 0 Å². The number of aromatic nitrogens is 1. The van der Waals surface area contributed by atoms with Gasteiger partial charge < -0.3 is 15.2 Å². The molecule has 0 saturated carbocycles. The molecule has 0 spiro atoms. The van der Waals surface area contributed by atoms with Gasteiger partial charge in [-0.2, -0.15) is 0 Å². The molecular formula is C16H19N3O2. The molecule has 2 rings (SSSR count). The van der Waals surface area contributed by atoms with Crippen LogP contribution in [0, 0.1) is 5.41 Å². The van der Waals surface area contributed by atoms with Crippen LogP contribution in [0.15, 0.2) is 36.5 Å². The molecule has 1 heterocycles. The van der Waals surface area contributed by atoms with E-state index in [1.807, 2.05) is 24.3 Å². The van der Waals surface area contributed by atoms with Crippen molar-refractivity contribution in [2.45, 2.75) is 20.0 Å². The van der Waals surface area contributed by atoms with Gasteiger partial charge in [0.2, 0.25) is 0 Å². The van der Waals surface area contributed by atoms with Crippen LogP contribution >= 0.6 is 0 Å². The van der Waals surface area contributed by atoms with Gasteiger partial charge in [0, 0.05) is 6.20 Å². The van der Waals surface area contributed by atoms with Gasteiger partial charge in [0.1, 0.15) is 18.1 Å². The van der Waals surface area contributed by atoms with Gasteiger partial charge in [0.05, 0.1) is 7.11 Å². The Morgan fingerprint density at radius 2 is 2.00 bits per heavy atom. The molecule has 0 aliphatic rings. The summed E-state index contributed by atoms with van der Waals surface area (Å²) >= 11 is 0. The third-order valence-corrected chi connectivity index (χ3v) is 3.13. The predicted octanol–water partition coefficient (Wildman–Crippen LogP) is 2.52. The quantitative estimate of drug-likeness (QED) is 0.631. The van der Waals surface area contributed by atoms with Crippen LogP contribution in [0.25, 0.3) is 0 Å². The second kappa shape index (κ2) is 6.74. The first kappa shape index (κ1) is 14.8. The standard InChI is InChI=1S/C16H19N3O2/c1-3-11-4-5-14(15(9-11)20-2)21-10-12-6-7-19-13(8-12)16(17)18/h4-9H,3,10H2,1-2H3,(H3,17,18). The summed E-state index contributed by atoms with van der Waals surface area (Å²) in [6.45, 7) is 2.46. The molecule has 1 aromatic carbocycles. The Hall–Kier alpha value is -2.56. The molecular weight excluding hydrogens is 266 g/mol. The summed E-state index contributed by atoms with van der Waals surface area (Å²) < 4.78 is 11.1. The summed E-state index contributed by atoms with van der Waals surface area (Å²) in [5.74, 6) is 1.35. The van der Waals surface area contributed by atoms with Gasteiger partial charge in [-0.1, -0.05) is 13.0 Å². The lowest BCUT2D eigenvalue weighted by Crippen LogP contribution is -2.13. The Kier molecular flexibility index (Phi) is 4.77. The second-order valence-corrected chi connectivity index (χ2v) is 4.59. The van der Waals surface area contributed by atoms with Crippen LogP contribution < -0.4 is 15.2 Å². The van der Waals surface area contributed by atoms with Crippen molar-refractivity contribution in [1.82, 2.24) is 4.98 Å². The van der Waals surface area contributed by atoms with E-state index in [1.54, 1.807) is 19.4 Å². The number of nitrogens with two attached hydrogens (primary N) is 1. The number of nitrogens with one attached hydrogen (secondary N) is 1. The van der Waals surface area contributed by atoms with Gasteiger partial charge in [-0.3, -0.25) is 10.4 Å². The predicted molar refractivity (Wildman–Crippen MR) is 82.0 cm³/mol. The number of hydrogen-bond acceptors (Lipinski definition) is 4. The number of rotatable bonds is 6. The minimum absolute atomic E-state index is 0.0540. The number of amidine groups is 1. The van der Waals surface area contributed by atoms with Gasteiger partial charge in [-0.05, 0) is 41.8 Å². The minimum atomic E-state index is -0.0540. The van der Waals surface area contributed by atoms with E-state index >= 15 is 0 Å². The van der Waals surface area contributed by atoms with Crippen molar-refractivity contribution in [1.29, 1.82) is 5.41 Å². The smallest absolute Gasteiger partial charge is 0.161 e. The third kappa shape index (κ3) is 3.72. The first-order valence-electron chi connectivity index (χ1n) is 6.73. The van der Waals surface area contributed by atoms with Crippen molar-refractivity contribution < 1.29 is 9.47 Å². The van der Waals surface area contributed by atoms with Gasteiger partial charge in [-0.25, -0.2) is 0 Å². The number of methoxy groups -OCH3 is 1. The summed E-state index contributed by atoms with van der Waals surface area (Å²) in [6, 6.07) is 9.48. The van der Waals surface area contributed by atoms with E-state index in [1.165, 1.54) is 5.56 Å². The highest BCUT2D eigenvalue weighted by Gasteiger charge is 2.06. The van der Waals surface area contributed by atoms with Crippen LogP contribution in [0.3, 0.4) is 0 Å². The highest BCUT2D eigenvalue weighted by Crippen LogP contribution is 2.29. The summed E-state index contributed by atoms with van der Waals surface area (Å²) in [4.78, 5) is 4.02. The number of nitrogens with zero attached hydrogens (tertiary/aromatic N) is 1. The van der Waals surface area contributed by atoms with Crippen LogP contribution in [0.4, 0.5) is 0 Å². The molecule has 0 saturated heterocycles. The molecule has 3 N–H and O–H groups in total. The van der Waals surface area contributed by atoms with Gasteiger partial charge in [0.15, 0.2) is 11.5 Å². The maximum absolute atomic E-state index is 7.39. The van der Waals surface area contributed by atoms with E-state index in [0.717, 1.165) is 17.7 Å². The molecule has 0 fully saturated rings. The number of hydrogen-bond donors (Lipinski definition) is 2. The van der Waals surface area contributed by atoms with Gasteiger partial charge in [-0.15, -0.1) is 0 Å². The molecule has 0 radical (unpaired) electrons. The number of ether oxygens (including phenoxy) is 2. The fourth-order valence-corrected chi connectivity index (χ4v) is 1.92. The van der Waals surface area contributed by atoms with Crippen LogP contribution in [0.5, 0.6) is 11.5 Å². The molecule has 0 atom stereocenters. The molecule has 0 amide bonds. The van der Waals surface area contributed by atoms with E-state index in [0.29, 0.717) is 18.1 Å². The SMILES string of the molecule is CCc1ccc(OCc2ccnc(C(=N)N)c2)c(OC)c1. The van der Waals surface area contributed by atoms with Gasteiger partial charge in [0.25, 0.3) is 0 Å². The van der Waals surface area contributed by atoms with Crippen LogP contribution in [0.1, 0.15) is 23.7 Å². The molecule has 110 valence electrons. The molecule has 21 heavy (non-hydrogen) atoms. The van der Waals surface area contributed by atoms with Crippen LogP contribution in [-0.2, 0) is 13.0 Å². The Labute approximate surface area is 124 Å². The lowest BCUT2D eigenvalue weighted by atomic mass is 10.1. The van der Waals surface area contributed by atoms with E-state index in [-0.39, 0.29) is 5.84 Å². The van der Waals surface area contributed by atoms with Crippen molar-refractivity contribution >= 4 is 5.84 Å². The Bertz CT molecular complexity index is 641. The monoisotopic (exact) mass is 285 g/mol. The second-order valence-electron chi connectivity index (χ2n) is 4.59. The Morgan fingerprint density at radius 3 is 2.67 bits per heavy atom. The first-order valence-corrected chi connectivity index (χ1v) is 6.73. The number of aryl methyl sites for hydroxylation is 1. The van der Waals surface area contributed by atoms with E-state index in [2.05, 4.69) is 11.9 Å². The van der Waals surface area contributed by atoms with E-state index in [4.69, 9.17) is 20.6 Å². The zero-order valence-corrected chi connectivity index (χ0v) is 12.2. The Balaban J connectivity index is 2.12. The summed E-state index contributed by atoms with van der Waals surface area (Å²) in [7, 11) is 1.63. The highest BCUT2D eigenvalue weighted by atomic mass is 16.5. The molecule has 0 aliphatic carbocycles. The van der Waals surface area contributed by atoms with Gasteiger partial charge >= 0.3 is 0 Å². The fraction of sp³-hybridized carbons (Fsp3) is 0.250. The fourth-order valence-electron chi connectivity index (χ4n) is 1.92. The van der Waals surface area contributed by atoms with Crippen molar-refractivity contribution in [3.05, 3.63) is 53.3 Å². The molecule has 5 heteroatoms. The Morgan fingerprint density at radius 1 is 1.19 bits per heavy atom. The summed E-state index contributed by atoms with van der Waals surface area (Å²) in [6.07, 6.45) is 2.57. The first-order chi connectivity index (χ1) is 10.1. The summed E-state index contributed by atoms with van der Waals surface area (Å²) in [5.41, 5.74) is 7.97. The molecule has 0 unspecified atom stereocenters. The number of benzene rings is 1. The lowest BCUT2D eigenvalue weighted by molar-refractivity contribution is 0.284. The maximum Gasteiger partial charge on any atom is 0.161 e. The van der Waals surface area contributed by atoms with Crippen molar-refractivity contribution in [3.8, 4) is 11.5 Å². The van der Waals surface area contributed by atoms with Crippen molar-refractivity contribution in [2.75, 3.05) is 7.11 Å². The topological polar surface area (TPSA) is 81.2 Å². The normalized spacial score (nSPS) is 10.2. The van der Waals surface area contributed by atoms with Crippen molar-refractivity contribution in [3.63, 3.8) is 0 Å². The van der Waals surface area contributed by atoms with Crippen molar-refractivity contribution in [2.24, 2.45) is 5.73 Å². The number of pyridine rings is 1. The minimum Gasteiger partial charge on any atom is -0.493 e. The molecule has 0 aliphatic heterocycles. The third-order valence-electron chi connectivity index (χ3n) is 3.13.